The van der Waals surface area contributed by atoms with E-state index in [0.29, 0.717) is 36.0 Å². The van der Waals surface area contributed by atoms with E-state index in [4.69, 9.17) is 32.1 Å². The third kappa shape index (κ3) is 4.70. The molecule has 0 radical (unpaired) electrons. The van der Waals surface area contributed by atoms with Crippen LogP contribution in [0.5, 0.6) is 11.9 Å². The van der Waals surface area contributed by atoms with Crippen molar-refractivity contribution in [2.45, 2.75) is 25.5 Å². The second-order valence-electron chi connectivity index (χ2n) is 5.61. The SMILES string of the molecule is C=CCOC(CCc1ccc(Cl)cc1Cl)Cn1cc2nc1OS(=O)(=O)O2. The number of benzene rings is 1. The van der Waals surface area contributed by atoms with E-state index in [1.165, 1.54) is 10.8 Å². The number of hydrogen-bond acceptors (Lipinski definition) is 6. The maximum Gasteiger partial charge on any atom is 0.505 e. The molecule has 0 aliphatic carbocycles. The minimum atomic E-state index is -4.10. The summed E-state index contributed by atoms with van der Waals surface area (Å²) in [5, 5.41) is 1.16. The zero-order valence-electron chi connectivity index (χ0n) is 13.6. The van der Waals surface area contributed by atoms with E-state index in [2.05, 4.69) is 15.7 Å². The van der Waals surface area contributed by atoms with Gasteiger partial charge in [-0.1, -0.05) is 35.3 Å². The molecule has 0 saturated heterocycles. The lowest BCUT2D eigenvalue weighted by molar-refractivity contribution is 0.0541. The lowest BCUT2D eigenvalue weighted by Crippen LogP contribution is -2.23. The van der Waals surface area contributed by atoms with Gasteiger partial charge in [0.2, 0.25) is 0 Å². The summed E-state index contributed by atoms with van der Waals surface area (Å²) in [5.41, 5.74) is 0.946. The monoisotopic (exact) mass is 418 g/mol. The van der Waals surface area contributed by atoms with Crippen LogP contribution in [-0.2, 0) is 28.1 Å². The van der Waals surface area contributed by atoms with E-state index in [1.54, 1.807) is 18.2 Å². The van der Waals surface area contributed by atoms with Crippen molar-refractivity contribution in [3.63, 3.8) is 0 Å². The topological polar surface area (TPSA) is 79.7 Å². The highest BCUT2D eigenvalue weighted by Crippen LogP contribution is 2.27. The van der Waals surface area contributed by atoms with Gasteiger partial charge in [-0.2, -0.15) is 4.98 Å². The fraction of sp³-hybridized carbons (Fsp3) is 0.312. The van der Waals surface area contributed by atoms with Gasteiger partial charge in [-0.3, -0.25) is 4.57 Å². The van der Waals surface area contributed by atoms with E-state index in [0.717, 1.165) is 5.56 Å². The number of fused-ring (bicyclic) bond motifs is 2. The summed E-state index contributed by atoms with van der Waals surface area (Å²) in [5.74, 6) is -0.0329. The largest absolute Gasteiger partial charge is 0.505 e. The van der Waals surface area contributed by atoms with E-state index in [-0.39, 0.29) is 18.0 Å². The number of nitrogens with zero attached hydrogens (tertiary/aromatic N) is 2. The summed E-state index contributed by atoms with van der Waals surface area (Å²) in [6, 6.07) is 5.29. The Morgan fingerprint density at radius 3 is 2.88 bits per heavy atom. The quantitative estimate of drug-likeness (QED) is 0.611. The number of aromatic nitrogens is 2. The summed E-state index contributed by atoms with van der Waals surface area (Å²) in [4.78, 5) is 3.91. The van der Waals surface area contributed by atoms with Gasteiger partial charge in [-0.15, -0.1) is 15.0 Å². The highest BCUT2D eigenvalue weighted by atomic mass is 35.5. The molecule has 1 unspecified atom stereocenters. The van der Waals surface area contributed by atoms with Gasteiger partial charge in [-0.25, -0.2) is 0 Å². The van der Waals surface area contributed by atoms with Crippen molar-refractivity contribution in [3.05, 3.63) is 52.7 Å². The lowest BCUT2D eigenvalue weighted by Gasteiger charge is -2.18. The summed E-state index contributed by atoms with van der Waals surface area (Å²) in [6.45, 7) is 4.33. The zero-order chi connectivity index (χ0) is 18.7. The van der Waals surface area contributed by atoms with Crippen molar-refractivity contribution in [1.29, 1.82) is 0 Å². The Morgan fingerprint density at radius 1 is 1.35 bits per heavy atom. The number of rotatable bonds is 8. The van der Waals surface area contributed by atoms with Crippen molar-refractivity contribution >= 4 is 33.6 Å². The molecule has 26 heavy (non-hydrogen) atoms. The Balaban J connectivity index is 1.70. The first-order chi connectivity index (χ1) is 12.4. The standard InChI is InChI=1S/C16H16Cl2N2O5S/c1-2-7-23-13(6-4-11-3-5-12(17)8-14(11)18)9-20-10-15-19-16(20)25-26(21,22)24-15/h2-3,5,8,10,13H,1,4,6-7,9H2. The molecule has 2 heterocycles. The molecule has 0 spiro atoms. The molecule has 2 aromatic rings. The van der Waals surface area contributed by atoms with Crippen molar-refractivity contribution < 1.29 is 21.5 Å². The second-order valence-corrected chi connectivity index (χ2v) is 7.60. The van der Waals surface area contributed by atoms with Crippen LogP contribution in [-0.4, -0.2) is 30.7 Å². The van der Waals surface area contributed by atoms with Gasteiger partial charge in [0.25, 0.3) is 5.88 Å². The zero-order valence-corrected chi connectivity index (χ0v) is 15.9. The average Bonchev–Trinajstić information content (AvgIpc) is 2.84. The van der Waals surface area contributed by atoms with Crippen LogP contribution in [0, 0.1) is 0 Å². The van der Waals surface area contributed by atoms with Gasteiger partial charge in [-0.05, 0) is 30.5 Å². The molecule has 1 aliphatic heterocycles. The normalized spacial score (nSPS) is 15.8. The van der Waals surface area contributed by atoms with E-state index >= 15 is 0 Å². The first kappa shape index (κ1) is 19.0. The molecule has 0 fully saturated rings. The van der Waals surface area contributed by atoms with Gasteiger partial charge in [0.1, 0.15) is 0 Å². The molecule has 1 aromatic carbocycles. The van der Waals surface area contributed by atoms with Crippen molar-refractivity contribution in [2.75, 3.05) is 6.61 Å². The molecule has 1 atom stereocenters. The predicted molar refractivity (Wildman–Crippen MR) is 97.1 cm³/mol. The summed E-state index contributed by atoms with van der Waals surface area (Å²) >= 11 is 12.1. The molecule has 2 bridgehead atoms. The van der Waals surface area contributed by atoms with Crippen molar-refractivity contribution in [1.82, 2.24) is 9.55 Å². The molecule has 10 heteroatoms. The fourth-order valence-corrected chi connectivity index (χ4v) is 3.66. The Morgan fingerprint density at radius 2 is 2.15 bits per heavy atom. The Bertz CT molecular complexity index is 913. The van der Waals surface area contributed by atoms with E-state index < -0.39 is 10.4 Å². The summed E-state index contributed by atoms with van der Waals surface area (Å²) < 4.78 is 39.5. The van der Waals surface area contributed by atoms with Gasteiger partial charge in [0.05, 0.1) is 25.5 Å². The van der Waals surface area contributed by atoms with Crippen LogP contribution in [0.15, 0.2) is 37.1 Å². The number of ether oxygens (including phenoxy) is 1. The smallest absolute Gasteiger partial charge is 0.372 e. The van der Waals surface area contributed by atoms with Gasteiger partial charge in [0.15, 0.2) is 0 Å². The van der Waals surface area contributed by atoms with Crippen LogP contribution in [0.3, 0.4) is 0 Å². The maximum atomic E-state index is 11.4. The molecule has 140 valence electrons. The average molecular weight is 419 g/mol. The molecule has 0 amide bonds. The van der Waals surface area contributed by atoms with Crippen molar-refractivity contribution in [3.8, 4) is 11.9 Å². The van der Waals surface area contributed by atoms with E-state index in [9.17, 15) is 8.42 Å². The predicted octanol–water partition coefficient (Wildman–Crippen LogP) is 3.41. The van der Waals surface area contributed by atoms with Crippen LogP contribution in [0.2, 0.25) is 10.0 Å². The van der Waals surface area contributed by atoms with Crippen LogP contribution in [0.1, 0.15) is 12.0 Å². The number of aryl methyl sites for hydroxylation is 1. The van der Waals surface area contributed by atoms with Gasteiger partial charge < -0.3 is 13.1 Å². The minimum absolute atomic E-state index is 0.0329. The van der Waals surface area contributed by atoms with Gasteiger partial charge >= 0.3 is 16.4 Å². The number of hydrogen-bond donors (Lipinski definition) is 0. The fourth-order valence-electron chi connectivity index (χ4n) is 2.52. The Kier molecular flexibility index (Phi) is 5.76. The van der Waals surface area contributed by atoms with Crippen LogP contribution in [0.4, 0.5) is 0 Å². The highest BCUT2D eigenvalue weighted by molar-refractivity contribution is 7.82. The number of halogens is 2. The maximum absolute atomic E-state index is 11.4. The first-order valence-electron chi connectivity index (χ1n) is 7.74. The Labute approximate surface area is 161 Å². The van der Waals surface area contributed by atoms with Crippen LogP contribution >= 0.6 is 23.2 Å². The summed E-state index contributed by atoms with van der Waals surface area (Å²) in [6.07, 6.45) is 4.15. The minimum Gasteiger partial charge on any atom is -0.372 e. The second kappa shape index (κ2) is 7.87. The molecule has 7 nitrogen and oxygen atoms in total. The molecule has 3 rings (SSSR count). The highest BCUT2D eigenvalue weighted by Gasteiger charge is 2.29. The third-order valence-electron chi connectivity index (χ3n) is 3.68. The van der Waals surface area contributed by atoms with Crippen LogP contribution in [0.25, 0.3) is 0 Å². The summed E-state index contributed by atoms with van der Waals surface area (Å²) in [7, 11) is -4.10. The van der Waals surface area contributed by atoms with Crippen LogP contribution < -0.4 is 8.37 Å². The molecule has 0 N–H and O–H groups in total. The molecular weight excluding hydrogens is 403 g/mol. The first-order valence-corrected chi connectivity index (χ1v) is 9.83. The molecule has 1 aromatic heterocycles. The molecular formula is C16H16Cl2N2O5S. The Hall–Kier alpha value is -1.74. The van der Waals surface area contributed by atoms with Gasteiger partial charge in [0, 0.05) is 10.0 Å². The van der Waals surface area contributed by atoms with Crippen molar-refractivity contribution in [2.24, 2.45) is 0 Å². The lowest BCUT2D eigenvalue weighted by atomic mass is 10.1. The molecule has 1 aliphatic rings. The molecule has 0 saturated carbocycles. The van der Waals surface area contributed by atoms with E-state index in [1.807, 2.05) is 6.07 Å². The number of imidazole rings is 1. The third-order valence-corrected chi connectivity index (χ3v) is 5.00.